The number of aromatic hydroxyl groups is 1. The van der Waals surface area contributed by atoms with Crippen molar-refractivity contribution < 1.29 is 9.52 Å². The summed E-state index contributed by atoms with van der Waals surface area (Å²) in [6.07, 6.45) is 5.31. The van der Waals surface area contributed by atoms with Crippen molar-refractivity contribution in [3.05, 3.63) is 39.7 Å². The van der Waals surface area contributed by atoms with Gasteiger partial charge in [-0.2, -0.15) is 0 Å². The quantitative estimate of drug-likeness (QED) is 0.654. The second-order valence-electron chi connectivity index (χ2n) is 4.98. The highest BCUT2D eigenvalue weighted by Gasteiger charge is 2.11. The Labute approximate surface area is 112 Å². The summed E-state index contributed by atoms with van der Waals surface area (Å²) in [5.74, 6) is 0.116. The van der Waals surface area contributed by atoms with E-state index in [9.17, 15) is 9.90 Å². The molecule has 1 aromatic carbocycles. The maximum atomic E-state index is 12.0. The van der Waals surface area contributed by atoms with E-state index in [4.69, 9.17) is 4.42 Å². The molecule has 0 spiro atoms. The number of hydrogen-bond acceptors (Lipinski definition) is 3. The summed E-state index contributed by atoms with van der Waals surface area (Å²) in [4.78, 5) is 12.0. The van der Waals surface area contributed by atoms with Gasteiger partial charge in [-0.15, -0.1) is 0 Å². The maximum absolute atomic E-state index is 12.0. The van der Waals surface area contributed by atoms with Gasteiger partial charge in [-0.3, -0.25) is 0 Å². The van der Waals surface area contributed by atoms with E-state index >= 15 is 0 Å². The van der Waals surface area contributed by atoms with Crippen molar-refractivity contribution in [2.75, 3.05) is 0 Å². The van der Waals surface area contributed by atoms with Crippen molar-refractivity contribution in [1.29, 1.82) is 0 Å². The molecule has 102 valence electrons. The zero-order valence-electron chi connectivity index (χ0n) is 11.5. The predicted octanol–water partition coefficient (Wildman–Crippen LogP) is 3.93. The Morgan fingerprint density at radius 1 is 1.21 bits per heavy atom. The van der Waals surface area contributed by atoms with Gasteiger partial charge in [0.1, 0.15) is 11.3 Å². The van der Waals surface area contributed by atoms with Crippen molar-refractivity contribution in [3.8, 4) is 5.75 Å². The highest BCUT2D eigenvalue weighted by molar-refractivity contribution is 5.82. The number of phenols is 1. The molecule has 2 rings (SSSR count). The van der Waals surface area contributed by atoms with Crippen LogP contribution in [0.2, 0.25) is 0 Å². The fourth-order valence-electron chi connectivity index (χ4n) is 2.40. The fraction of sp³-hybridized carbons (Fsp3) is 0.438. The number of unbranched alkanes of at least 4 members (excludes halogenated alkanes) is 3. The van der Waals surface area contributed by atoms with Gasteiger partial charge in [-0.25, -0.2) is 4.79 Å². The molecule has 3 heteroatoms. The van der Waals surface area contributed by atoms with Crippen molar-refractivity contribution in [3.63, 3.8) is 0 Å². The number of fused-ring (bicyclic) bond motifs is 1. The molecule has 1 heterocycles. The monoisotopic (exact) mass is 260 g/mol. The third-order valence-electron chi connectivity index (χ3n) is 3.55. The molecule has 0 atom stereocenters. The van der Waals surface area contributed by atoms with Gasteiger partial charge in [-0.1, -0.05) is 26.2 Å². The molecule has 0 aliphatic rings. The van der Waals surface area contributed by atoms with E-state index in [1.54, 1.807) is 12.1 Å². The zero-order valence-corrected chi connectivity index (χ0v) is 11.5. The molecule has 0 aliphatic heterocycles. The molecule has 0 saturated heterocycles. The molecule has 1 aromatic heterocycles. The maximum Gasteiger partial charge on any atom is 0.339 e. The Bertz CT molecular complexity index is 626. The number of hydrogen-bond donors (Lipinski definition) is 1. The second kappa shape index (κ2) is 5.91. The molecule has 0 bridgehead atoms. The Hall–Kier alpha value is -1.77. The smallest absolute Gasteiger partial charge is 0.339 e. The van der Waals surface area contributed by atoms with Crippen LogP contribution in [0.5, 0.6) is 5.75 Å². The minimum Gasteiger partial charge on any atom is -0.508 e. The summed E-state index contributed by atoms with van der Waals surface area (Å²) in [5.41, 5.74) is 1.93. The lowest BCUT2D eigenvalue weighted by Crippen LogP contribution is -2.10. The van der Waals surface area contributed by atoms with Crippen LogP contribution < -0.4 is 5.63 Å². The summed E-state index contributed by atoms with van der Waals surface area (Å²) in [6.45, 7) is 4.12. The van der Waals surface area contributed by atoms with Gasteiger partial charge < -0.3 is 9.52 Å². The van der Waals surface area contributed by atoms with Crippen molar-refractivity contribution in [2.45, 2.75) is 46.0 Å². The van der Waals surface area contributed by atoms with Crippen LogP contribution in [0, 0.1) is 6.92 Å². The standard InChI is InChI=1S/C16H20O3/c1-3-4-5-6-7-14-11(2)13-9-8-12(17)10-15(13)19-16(14)18/h8-10,17H,3-7H2,1-2H3. The van der Waals surface area contributed by atoms with Crippen LogP contribution in [0.3, 0.4) is 0 Å². The number of phenolic OH excluding ortho intramolecular Hbond substituents is 1. The minimum absolute atomic E-state index is 0.116. The lowest BCUT2D eigenvalue weighted by molar-refractivity contribution is 0.472. The highest BCUT2D eigenvalue weighted by Crippen LogP contribution is 2.24. The molecule has 0 aliphatic carbocycles. The van der Waals surface area contributed by atoms with Crippen LogP contribution >= 0.6 is 0 Å². The first-order chi connectivity index (χ1) is 9.13. The topological polar surface area (TPSA) is 50.4 Å². The van der Waals surface area contributed by atoms with Gasteiger partial charge in [0.15, 0.2) is 0 Å². The molecule has 0 amide bonds. The van der Waals surface area contributed by atoms with Gasteiger partial charge in [0.05, 0.1) is 0 Å². The fourth-order valence-corrected chi connectivity index (χ4v) is 2.40. The number of benzene rings is 1. The number of aryl methyl sites for hydroxylation is 1. The summed E-state index contributed by atoms with van der Waals surface area (Å²) in [6, 6.07) is 4.92. The van der Waals surface area contributed by atoms with Crippen LogP contribution in [-0.4, -0.2) is 5.11 Å². The first kappa shape index (κ1) is 13.7. The SMILES string of the molecule is CCCCCCc1c(C)c2ccc(O)cc2oc1=O. The molecule has 0 fully saturated rings. The molecular formula is C16H20O3. The van der Waals surface area contributed by atoms with Crippen molar-refractivity contribution in [2.24, 2.45) is 0 Å². The number of rotatable bonds is 5. The van der Waals surface area contributed by atoms with Crippen LogP contribution in [0.1, 0.15) is 43.7 Å². The molecule has 2 aromatic rings. The molecule has 0 unspecified atom stereocenters. The van der Waals surface area contributed by atoms with E-state index in [0.29, 0.717) is 5.58 Å². The second-order valence-corrected chi connectivity index (χ2v) is 4.98. The van der Waals surface area contributed by atoms with Gasteiger partial charge >= 0.3 is 5.63 Å². The van der Waals surface area contributed by atoms with Gasteiger partial charge in [0.25, 0.3) is 0 Å². The molecule has 19 heavy (non-hydrogen) atoms. The highest BCUT2D eigenvalue weighted by atomic mass is 16.4. The minimum atomic E-state index is -0.271. The average molecular weight is 260 g/mol. The van der Waals surface area contributed by atoms with E-state index in [0.717, 1.165) is 35.8 Å². The Morgan fingerprint density at radius 2 is 2.00 bits per heavy atom. The van der Waals surface area contributed by atoms with Crippen LogP contribution in [0.15, 0.2) is 27.4 Å². The first-order valence-electron chi connectivity index (χ1n) is 6.88. The largest absolute Gasteiger partial charge is 0.508 e. The molecule has 1 N–H and O–H groups in total. The molecule has 0 radical (unpaired) electrons. The first-order valence-corrected chi connectivity index (χ1v) is 6.88. The predicted molar refractivity (Wildman–Crippen MR) is 76.7 cm³/mol. The van der Waals surface area contributed by atoms with E-state index < -0.39 is 0 Å². The third kappa shape index (κ3) is 2.98. The summed E-state index contributed by atoms with van der Waals surface area (Å²) in [5, 5.41) is 10.3. The Morgan fingerprint density at radius 3 is 2.74 bits per heavy atom. The molecule has 3 nitrogen and oxygen atoms in total. The van der Waals surface area contributed by atoms with Gasteiger partial charge in [0, 0.05) is 17.0 Å². The van der Waals surface area contributed by atoms with E-state index in [1.807, 2.05) is 6.92 Å². The van der Waals surface area contributed by atoms with E-state index in [1.165, 1.54) is 18.9 Å². The lowest BCUT2D eigenvalue weighted by Gasteiger charge is -2.07. The molecule has 0 saturated carbocycles. The van der Waals surface area contributed by atoms with Crippen molar-refractivity contribution >= 4 is 11.0 Å². The summed E-state index contributed by atoms with van der Waals surface area (Å²) < 4.78 is 5.30. The van der Waals surface area contributed by atoms with Crippen LogP contribution in [0.4, 0.5) is 0 Å². The van der Waals surface area contributed by atoms with E-state index in [2.05, 4.69) is 6.92 Å². The van der Waals surface area contributed by atoms with E-state index in [-0.39, 0.29) is 11.4 Å². The summed E-state index contributed by atoms with van der Waals surface area (Å²) in [7, 11) is 0. The van der Waals surface area contributed by atoms with Gasteiger partial charge in [0.2, 0.25) is 0 Å². The zero-order chi connectivity index (χ0) is 13.8. The average Bonchev–Trinajstić information content (AvgIpc) is 2.37. The Kier molecular flexibility index (Phi) is 4.25. The van der Waals surface area contributed by atoms with Gasteiger partial charge in [-0.05, 0) is 37.5 Å². The Balaban J connectivity index is 2.34. The van der Waals surface area contributed by atoms with Crippen molar-refractivity contribution in [1.82, 2.24) is 0 Å². The van der Waals surface area contributed by atoms with Crippen LogP contribution in [-0.2, 0) is 6.42 Å². The third-order valence-corrected chi connectivity index (χ3v) is 3.55. The van der Waals surface area contributed by atoms with Crippen LogP contribution in [0.25, 0.3) is 11.0 Å². The normalized spacial score (nSPS) is 11.1. The lowest BCUT2D eigenvalue weighted by atomic mass is 10.0. The molecular weight excluding hydrogens is 240 g/mol. The summed E-state index contributed by atoms with van der Waals surface area (Å²) >= 11 is 0.